The number of hydrogen-bond acceptors (Lipinski definition) is 3. The number of carbonyl (C=O) groups excluding carboxylic acids is 1. The number of nitrogens with zero attached hydrogens (tertiary/aromatic N) is 1. The Morgan fingerprint density at radius 1 is 1.00 bits per heavy atom. The molecule has 0 atom stereocenters. The normalized spacial score (nSPS) is 9.80. The molecule has 0 heterocycles. The van der Waals surface area contributed by atoms with E-state index in [0.29, 0.717) is 25.0 Å². The molecular formula is C20H28BNO3. The van der Waals surface area contributed by atoms with Crippen molar-refractivity contribution in [1.82, 2.24) is 4.90 Å². The van der Waals surface area contributed by atoms with E-state index in [4.69, 9.17) is 0 Å². The van der Waals surface area contributed by atoms with Crippen molar-refractivity contribution in [2.45, 2.75) is 33.6 Å². The highest BCUT2D eigenvalue weighted by Gasteiger charge is 2.12. The predicted molar refractivity (Wildman–Crippen MR) is 104 cm³/mol. The molecule has 0 bridgehead atoms. The maximum Gasteiger partial charge on any atom is 0.488 e. The molecule has 2 N–H and O–H groups in total. The highest BCUT2D eigenvalue weighted by molar-refractivity contribution is 6.58. The SMILES string of the molecule is CC.Cc1ccc(B(O)O)cc1CCN(C=O)CCc1ccccc1. The van der Waals surface area contributed by atoms with Gasteiger partial charge in [-0.25, -0.2) is 0 Å². The van der Waals surface area contributed by atoms with E-state index in [1.807, 2.05) is 45.0 Å². The lowest BCUT2D eigenvalue weighted by atomic mass is 9.78. The first-order valence-corrected chi connectivity index (χ1v) is 8.79. The molecule has 0 aliphatic carbocycles. The van der Waals surface area contributed by atoms with E-state index in [-0.39, 0.29) is 0 Å². The molecule has 0 saturated heterocycles. The van der Waals surface area contributed by atoms with E-state index in [1.165, 1.54) is 5.56 Å². The Balaban J connectivity index is 0.00000151. The summed E-state index contributed by atoms with van der Waals surface area (Å²) >= 11 is 0. The molecule has 0 aliphatic heterocycles. The quantitative estimate of drug-likeness (QED) is 0.570. The molecular weight excluding hydrogens is 313 g/mol. The number of rotatable bonds is 8. The monoisotopic (exact) mass is 341 g/mol. The van der Waals surface area contributed by atoms with Crippen LogP contribution < -0.4 is 5.46 Å². The molecule has 0 radical (unpaired) electrons. The lowest BCUT2D eigenvalue weighted by molar-refractivity contribution is -0.118. The summed E-state index contributed by atoms with van der Waals surface area (Å²) < 4.78 is 0. The van der Waals surface area contributed by atoms with Gasteiger partial charge in [-0.15, -0.1) is 0 Å². The second-order valence-electron chi connectivity index (χ2n) is 5.69. The zero-order chi connectivity index (χ0) is 18.7. The fourth-order valence-corrected chi connectivity index (χ4v) is 2.52. The van der Waals surface area contributed by atoms with Crippen molar-refractivity contribution < 1.29 is 14.8 Å². The molecule has 0 unspecified atom stereocenters. The van der Waals surface area contributed by atoms with Crippen LogP contribution in [-0.2, 0) is 17.6 Å². The Bertz CT molecular complexity index is 632. The van der Waals surface area contributed by atoms with Crippen molar-refractivity contribution in [2.75, 3.05) is 13.1 Å². The van der Waals surface area contributed by atoms with Gasteiger partial charge in [-0.3, -0.25) is 4.79 Å². The van der Waals surface area contributed by atoms with Crippen molar-refractivity contribution in [2.24, 2.45) is 0 Å². The van der Waals surface area contributed by atoms with E-state index in [1.54, 1.807) is 17.0 Å². The van der Waals surface area contributed by atoms with Gasteiger partial charge in [0.1, 0.15) is 0 Å². The summed E-state index contributed by atoms with van der Waals surface area (Å²) in [6.07, 6.45) is 2.40. The van der Waals surface area contributed by atoms with Crippen molar-refractivity contribution in [3.63, 3.8) is 0 Å². The van der Waals surface area contributed by atoms with Gasteiger partial charge in [0.05, 0.1) is 0 Å². The van der Waals surface area contributed by atoms with Crippen LogP contribution in [0.2, 0.25) is 0 Å². The van der Waals surface area contributed by atoms with Crippen LogP contribution in [0.25, 0.3) is 0 Å². The zero-order valence-corrected chi connectivity index (χ0v) is 15.4. The van der Waals surface area contributed by atoms with E-state index in [2.05, 4.69) is 12.1 Å². The van der Waals surface area contributed by atoms with E-state index < -0.39 is 7.12 Å². The van der Waals surface area contributed by atoms with Crippen LogP contribution in [0.3, 0.4) is 0 Å². The zero-order valence-electron chi connectivity index (χ0n) is 15.4. The van der Waals surface area contributed by atoms with Crippen LogP contribution in [0.5, 0.6) is 0 Å². The third kappa shape index (κ3) is 7.12. The van der Waals surface area contributed by atoms with E-state index >= 15 is 0 Å². The molecule has 134 valence electrons. The molecule has 0 aliphatic rings. The van der Waals surface area contributed by atoms with Gasteiger partial charge in [0.2, 0.25) is 6.41 Å². The number of hydrogen-bond donors (Lipinski definition) is 2. The fourth-order valence-electron chi connectivity index (χ4n) is 2.52. The van der Waals surface area contributed by atoms with Gasteiger partial charge in [0.25, 0.3) is 0 Å². The Kier molecular flexibility index (Phi) is 9.59. The van der Waals surface area contributed by atoms with Crippen molar-refractivity contribution >= 4 is 19.0 Å². The van der Waals surface area contributed by atoms with Gasteiger partial charge >= 0.3 is 7.12 Å². The molecule has 2 rings (SSSR count). The second kappa shape index (κ2) is 11.4. The molecule has 25 heavy (non-hydrogen) atoms. The van der Waals surface area contributed by atoms with E-state index in [0.717, 1.165) is 24.0 Å². The Morgan fingerprint density at radius 2 is 1.64 bits per heavy atom. The van der Waals surface area contributed by atoms with Crippen LogP contribution >= 0.6 is 0 Å². The Morgan fingerprint density at radius 3 is 2.24 bits per heavy atom. The standard InChI is InChI=1S/C18H22BNO3.C2H6/c1-15-7-8-18(19(22)23)13-17(15)10-12-20(14-21)11-9-16-5-3-2-4-6-16;1-2/h2-8,13-14,22-23H,9-12H2,1H3;1-2H3. The third-order valence-electron chi connectivity index (χ3n) is 4.02. The summed E-state index contributed by atoms with van der Waals surface area (Å²) in [5.74, 6) is 0. The molecule has 0 saturated carbocycles. The molecule has 2 aromatic rings. The van der Waals surface area contributed by atoms with Gasteiger partial charge in [0, 0.05) is 13.1 Å². The summed E-state index contributed by atoms with van der Waals surface area (Å²) in [7, 11) is -1.46. The van der Waals surface area contributed by atoms with Crippen molar-refractivity contribution in [1.29, 1.82) is 0 Å². The first-order chi connectivity index (χ1) is 12.1. The molecule has 0 spiro atoms. The van der Waals surface area contributed by atoms with Crippen LogP contribution in [0, 0.1) is 6.92 Å². The topological polar surface area (TPSA) is 60.8 Å². The smallest absolute Gasteiger partial charge is 0.423 e. The number of amides is 1. The lowest BCUT2D eigenvalue weighted by Crippen LogP contribution is -2.31. The molecule has 5 heteroatoms. The lowest BCUT2D eigenvalue weighted by Gasteiger charge is -2.18. The molecule has 0 fully saturated rings. The highest BCUT2D eigenvalue weighted by atomic mass is 16.4. The summed E-state index contributed by atoms with van der Waals surface area (Å²) in [6.45, 7) is 7.27. The minimum atomic E-state index is -1.46. The Hall–Kier alpha value is -2.11. The predicted octanol–water partition coefficient (Wildman–Crippen LogP) is 1.94. The van der Waals surface area contributed by atoms with Crippen LogP contribution in [-0.4, -0.2) is 41.6 Å². The van der Waals surface area contributed by atoms with Gasteiger partial charge < -0.3 is 14.9 Å². The number of benzene rings is 2. The summed E-state index contributed by atoms with van der Waals surface area (Å²) in [4.78, 5) is 13.0. The van der Waals surface area contributed by atoms with Gasteiger partial charge in [-0.2, -0.15) is 0 Å². The molecule has 0 aromatic heterocycles. The van der Waals surface area contributed by atoms with Gasteiger partial charge in [-0.1, -0.05) is 62.4 Å². The minimum absolute atomic E-state index is 0.479. The van der Waals surface area contributed by atoms with Crippen LogP contribution in [0.4, 0.5) is 0 Å². The average molecular weight is 341 g/mol. The number of carbonyl (C=O) groups is 1. The molecule has 1 amide bonds. The maximum atomic E-state index is 11.3. The summed E-state index contributed by atoms with van der Waals surface area (Å²) in [5.41, 5.74) is 3.80. The average Bonchev–Trinajstić information content (AvgIpc) is 2.65. The van der Waals surface area contributed by atoms with Crippen LogP contribution in [0.15, 0.2) is 48.5 Å². The molecule has 2 aromatic carbocycles. The first kappa shape index (κ1) is 20.9. The fraction of sp³-hybridized carbons (Fsp3) is 0.350. The summed E-state index contributed by atoms with van der Waals surface area (Å²) in [6, 6.07) is 15.5. The third-order valence-corrected chi connectivity index (χ3v) is 4.02. The minimum Gasteiger partial charge on any atom is -0.423 e. The van der Waals surface area contributed by atoms with Crippen molar-refractivity contribution in [3.8, 4) is 0 Å². The van der Waals surface area contributed by atoms with E-state index in [9.17, 15) is 14.8 Å². The largest absolute Gasteiger partial charge is 0.488 e. The second-order valence-corrected chi connectivity index (χ2v) is 5.69. The van der Waals surface area contributed by atoms with Crippen LogP contribution in [0.1, 0.15) is 30.5 Å². The maximum absolute atomic E-state index is 11.3. The summed E-state index contributed by atoms with van der Waals surface area (Å²) in [5, 5.41) is 18.5. The van der Waals surface area contributed by atoms with Crippen molar-refractivity contribution in [3.05, 3.63) is 65.2 Å². The van der Waals surface area contributed by atoms with Gasteiger partial charge in [-0.05, 0) is 41.9 Å². The Labute approximate surface area is 151 Å². The first-order valence-electron chi connectivity index (χ1n) is 8.79. The highest BCUT2D eigenvalue weighted by Crippen LogP contribution is 2.08. The molecule has 4 nitrogen and oxygen atoms in total. The van der Waals surface area contributed by atoms with Gasteiger partial charge in [0.15, 0.2) is 0 Å². The number of aryl methyl sites for hydroxylation is 1.